The Kier molecular flexibility index (Phi) is 7.43. The lowest BCUT2D eigenvalue weighted by molar-refractivity contribution is 0.0687. The molecule has 0 aromatic heterocycles. The molecule has 0 saturated carbocycles. The van der Waals surface area contributed by atoms with E-state index in [9.17, 15) is 9.90 Å². The third-order valence-electron chi connectivity index (χ3n) is 2.65. The van der Waals surface area contributed by atoms with E-state index >= 15 is 0 Å². The van der Waals surface area contributed by atoms with Crippen molar-refractivity contribution in [1.82, 2.24) is 0 Å². The highest BCUT2D eigenvalue weighted by atomic mass is 16.5. The molecule has 1 N–H and O–H groups in total. The van der Waals surface area contributed by atoms with E-state index < -0.39 is 5.97 Å². The summed E-state index contributed by atoms with van der Waals surface area (Å²) in [7, 11) is 0. The van der Waals surface area contributed by atoms with Crippen molar-refractivity contribution in [3.63, 3.8) is 0 Å². The summed E-state index contributed by atoms with van der Waals surface area (Å²) < 4.78 is 16.7. The fraction of sp³-hybridized carbons (Fsp3) is 0.562. The summed E-state index contributed by atoms with van der Waals surface area (Å²) >= 11 is 0. The highest BCUT2D eigenvalue weighted by Crippen LogP contribution is 2.34. The molecule has 1 aromatic carbocycles. The minimum atomic E-state index is -1.06. The first-order valence-corrected chi connectivity index (χ1v) is 7.43. The Morgan fingerprint density at radius 3 is 1.71 bits per heavy atom. The van der Waals surface area contributed by atoms with E-state index in [1.165, 1.54) is 0 Å². The summed E-state index contributed by atoms with van der Waals surface area (Å²) in [4.78, 5) is 11.5. The van der Waals surface area contributed by atoms with Crippen LogP contribution in [0.15, 0.2) is 12.1 Å². The third kappa shape index (κ3) is 5.17. The van der Waals surface area contributed by atoms with E-state index in [1.54, 1.807) is 12.1 Å². The number of aromatic carboxylic acids is 1. The van der Waals surface area contributed by atoms with Crippen molar-refractivity contribution in [1.29, 1.82) is 0 Å². The number of rotatable bonds is 10. The first kappa shape index (κ1) is 17.1. The van der Waals surface area contributed by atoms with Crippen LogP contribution in [-0.2, 0) is 0 Å². The molecule has 0 heterocycles. The molecule has 5 nitrogen and oxygen atoms in total. The van der Waals surface area contributed by atoms with Gasteiger partial charge in [-0.25, -0.2) is 4.79 Å². The van der Waals surface area contributed by atoms with Gasteiger partial charge in [0.1, 0.15) is 22.8 Å². The Balaban J connectivity index is 3.17. The zero-order chi connectivity index (χ0) is 15.7. The molecule has 0 aliphatic rings. The molecule has 0 amide bonds. The Hall–Kier alpha value is -1.91. The van der Waals surface area contributed by atoms with Gasteiger partial charge in [0.25, 0.3) is 0 Å². The number of ether oxygens (including phenoxy) is 3. The molecule has 21 heavy (non-hydrogen) atoms. The van der Waals surface area contributed by atoms with E-state index in [0.29, 0.717) is 37.1 Å². The van der Waals surface area contributed by atoms with Gasteiger partial charge in [-0.15, -0.1) is 0 Å². The van der Waals surface area contributed by atoms with Crippen molar-refractivity contribution in [2.24, 2.45) is 0 Å². The molecular weight excluding hydrogens is 272 g/mol. The van der Waals surface area contributed by atoms with Gasteiger partial charge in [-0.05, 0) is 19.3 Å². The predicted molar refractivity (Wildman–Crippen MR) is 80.8 cm³/mol. The smallest absolute Gasteiger partial charge is 0.343 e. The standard InChI is InChI=1S/C16H24O5/c1-4-7-19-12-10-13(20-8-5-2)15(16(17)18)14(11-12)21-9-6-3/h10-11H,4-9H2,1-3H3,(H,17,18). The molecule has 0 radical (unpaired) electrons. The van der Waals surface area contributed by atoms with Gasteiger partial charge in [-0.3, -0.25) is 0 Å². The maximum atomic E-state index is 11.5. The summed E-state index contributed by atoms with van der Waals surface area (Å²) in [6.45, 7) is 7.40. The zero-order valence-corrected chi connectivity index (χ0v) is 13.0. The van der Waals surface area contributed by atoms with E-state index in [4.69, 9.17) is 14.2 Å². The van der Waals surface area contributed by atoms with Crippen molar-refractivity contribution in [2.45, 2.75) is 40.0 Å². The van der Waals surface area contributed by atoms with Crippen molar-refractivity contribution in [3.05, 3.63) is 17.7 Å². The largest absolute Gasteiger partial charge is 0.493 e. The van der Waals surface area contributed by atoms with Crippen LogP contribution in [0, 0.1) is 0 Å². The molecular formula is C16H24O5. The van der Waals surface area contributed by atoms with Crippen LogP contribution in [0.3, 0.4) is 0 Å². The molecule has 0 aliphatic carbocycles. The molecule has 0 atom stereocenters. The lowest BCUT2D eigenvalue weighted by atomic mass is 10.1. The van der Waals surface area contributed by atoms with E-state index in [2.05, 4.69) is 0 Å². The highest BCUT2D eigenvalue weighted by Gasteiger charge is 2.20. The molecule has 0 spiro atoms. The Bertz CT molecular complexity index is 427. The second kappa shape index (κ2) is 9.10. The summed E-state index contributed by atoms with van der Waals surface area (Å²) in [5.41, 5.74) is 0.0562. The number of hydrogen-bond donors (Lipinski definition) is 1. The first-order valence-electron chi connectivity index (χ1n) is 7.43. The summed E-state index contributed by atoms with van der Waals surface area (Å²) in [5.74, 6) is 0.0985. The molecule has 0 fully saturated rings. The number of hydrogen-bond acceptors (Lipinski definition) is 4. The van der Waals surface area contributed by atoms with Crippen molar-refractivity contribution in [3.8, 4) is 17.2 Å². The van der Waals surface area contributed by atoms with Gasteiger partial charge >= 0.3 is 5.97 Å². The molecule has 5 heteroatoms. The van der Waals surface area contributed by atoms with Crippen molar-refractivity contribution in [2.75, 3.05) is 19.8 Å². The monoisotopic (exact) mass is 296 g/mol. The van der Waals surface area contributed by atoms with Crippen LogP contribution < -0.4 is 14.2 Å². The zero-order valence-electron chi connectivity index (χ0n) is 13.0. The van der Waals surface area contributed by atoms with E-state index in [0.717, 1.165) is 19.3 Å². The molecule has 1 rings (SSSR count). The van der Waals surface area contributed by atoms with Crippen LogP contribution in [0.5, 0.6) is 17.2 Å². The fourth-order valence-corrected chi connectivity index (χ4v) is 1.73. The molecule has 0 bridgehead atoms. The quantitative estimate of drug-likeness (QED) is 0.712. The minimum Gasteiger partial charge on any atom is -0.493 e. The molecule has 0 aliphatic heterocycles. The Morgan fingerprint density at radius 1 is 0.905 bits per heavy atom. The third-order valence-corrected chi connectivity index (χ3v) is 2.65. The lowest BCUT2D eigenvalue weighted by Crippen LogP contribution is -2.09. The second-order valence-corrected chi connectivity index (χ2v) is 4.65. The van der Waals surface area contributed by atoms with E-state index in [-0.39, 0.29) is 5.56 Å². The topological polar surface area (TPSA) is 65.0 Å². The summed E-state index contributed by atoms with van der Waals surface area (Å²) in [5, 5.41) is 9.41. The molecule has 0 saturated heterocycles. The molecule has 1 aromatic rings. The average Bonchev–Trinajstić information content (AvgIpc) is 2.47. The maximum Gasteiger partial charge on any atom is 0.343 e. The van der Waals surface area contributed by atoms with Crippen LogP contribution in [0.1, 0.15) is 50.4 Å². The van der Waals surface area contributed by atoms with Gasteiger partial charge in [0.15, 0.2) is 0 Å². The van der Waals surface area contributed by atoms with Crippen LogP contribution in [0.25, 0.3) is 0 Å². The molecule has 0 unspecified atom stereocenters. The normalized spacial score (nSPS) is 10.2. The van der Waals surface area contributed by atoms with Gasteiger partial charge in [-0.1, -0.05) is 20.8 Å². The average molecular weight is 296 g/mol. The number of carboxylic acid groups (broad SMARTS) is 1. The maximum absolute atomic E-state index is 11.5. The highest BCUT2D eigenvalue weighted by molar-refractivity contribution is 5.94. The van der Waals surface area contributed by atoms with Crippen LogP contribution in [-0.4, -0.2) is 30.9 Å². The van der Waals surface area contributed by atoms with Crippen molar-refractivity contribution < 1.29 is 24.1 Å². The van der Waals surface area contributed by atoms with Crippen LogP contribution >= 0.6 is 0 Å². The van der Waals surface area contributed by atoms with Gasteiger partial charge in [-0.2, -0.15) is 0 Å². The fourth-order valence-electron chi connectivity index (χ4n) is 1.73. The number of benzene rings is 1. The summed E-state index contributed by atoms with van der Waals surface area (Å²) in [6, 6.07) is 3.24. The van der Waals surface area contributed by atoms with Gasteiger partial charge in [0, 0.05) is 12.1 Å². The van der Waals surface area contributed by atoms with Gasteiger partial charge in [0.05, 0.1) is 19.8 Å². The SMILES string of the molecule is CCCOc1cc(OCCC)c(C(=O)O)c(OCCC)c1. The van der Waals surface area contributed by atoms with E-state index in [1.807, 2.05) is 20.8 Å². The Labute approximate surface area is 125 Å². The molecule has 118 valence electrons. The van der Waals surface area contributed by atoms with Crippen molar-refractivity contribution >= 4 is 5.97 Å². The second-order valence-electron chi connectivity index (χ2n) is 4.65. The lowest BCUT2D eigenvalue weighted by Gasteiger charge is -2.16. The number of carbonyl (C=O) groups is 1. The number of carboxylic acids is 1. The van der Waals surface area contributed by atoms with Gasteiger partial charge in [0.2, 0.25) is 0 Å². The van der Waals surface area contributed by atoms with Gasteiger partial charge < -0.3 is 19.3 Å². The van der Waals surface area contributed by atoms with Crippen LogP contribution in [0.2, 0.25) is 0 Å². The predicted octanol–water partition coefficient (Wildman–Crippen LogP) is 3.75. The Morgan fingerprint density at radius 2 is 1.33 bits per heavy atom. The minimum absolute atomic E-state index is 0.0562. The first-order chi connectivity index (χ1) is 10.1. The van der Waals surface area contributed by atoms with Crippen LogP contribution in [0.4, 0.5) is 0 Å². The summed E-state index contributed by atoms with van der Waals surface area (Å²) in [6.07, 6.45) is 2.46.